The highest BCUT2D eigenvalue weighted by Crippen LogP contribution is 2.36. The first-order valence-corrected chi connectivity index (χ1v) is 6.42. The van der Waals surface area contributed by atoms with Gasteiger partial charge in [0.1, 0.15) is 0 Å². The number of hydrogen-bond donors (Lipinski definition) is 1. The summed E-state index contributed by atoms with van der Waals surface area (Å²) in [7, 11) is 3.27. The third-order valence-electron chi connectivity index (χ3n) is 2.96. The van der Waals surface area contributed by atoms with Gasteiger partial charge in [0.05, 0.1) is 20.8 Å². The van der Waals surface area contributed by atoms with Crippen molar-refractivity contribution in [3.63, 3.8) is 0 Å². The van der Waals surface area contributed by atoms with Gasteiger partial charge in [0, 0.05) is 6.04 Å². The minimum absolute atomic E-state index is 0.663. The molecular weight excluding hydrogens is 230 g/mol. The quantitative estimate of drug-likeness (QED) is 0.719. The molecule has 1 aliphatic carbocycles. The summed E-state index contributed by atoms with van der Waals surface area (Å²) in [4.78, 5) is 0. The SMILES string of the molecule is COc1cccc(OC)c1OCCCNC1CC1. The van der Waals surface area contributed by atoms with Crippen molar-refractivity contribution < 1.29 is 14.2 Å². The summed E-state index contributed by atoms with van der Waals surface area (Å²) >= 11 is 0. The van der Waals surface area contributed by atoms with Gasteiger partial charge < -0.3 is 19.5 Å². The zero-order valence-electron chi connectivity index (χ0n) is 11.1. The van der Waals surface area contributed by atoms with Crippen molar-refractivity contribution in [3.05, 3.63) is 18.2 Å². The van der Waals surface area contributed by atoms with E-state index in [1.165, 1.54) is 12.8 Å². The fourth-order valence-corrected chi connectivity index (χ4v) is 1.80. The molecule has 0 bridgehead atoms. The summed E-state index contributed by atoms with van der Waals surface area (Å²) < 4.78 is 16.3. The maximum absolute atomic E-state index is 5.76. The number of ether oxygens (including phenoxy) is 3. The second kappa shape index (κ2) is 6.50. The molecule has 0 spiro atoms. The Morgan fingerprint density at radius 2 is 1.83 bits per heavy atom. The third-order valence-corrected chi connectivity index (χ3v) is 2.96. The van der Waals surface area contributed by atoms with E-state index in [-0.39, 0.29) is 0 Å². The Hall–Kier alpha value is -1.42. The van der Waals surface area contributed by atoms with Gasteiger partial charge in [-0.3, -0.25) is 0 Å². The van der Waals surface area contributed by atoms with Crippen molar-refractivity contribution in [2.24, 2.45) is 0 Å². The smallest absolute Gasteiger partial charge is 0.203 e. The van der Waals surface area contributed by atoms with Gasteiger partial charge in [-0.2, -0.15) is 0 Å². The molecule has 0 saturated heterocycles. The highest BCUT2D eigenvalue weighted by Gasteiger charge is 2.19. The van der Waals surface area contributed by atoms with Gasteiger partial charge in [0.15, 0.2) is 11.5 Å². The van der Waals surface area contributed by atoms with Crippen LogP contribution in [0.4, 0.5) is 0 Å². The maximum atomic E-state index is 5.76. The number of benzene rings is 1. The summed E-state index contributed by atoms with van der Waals surface area (Å²) in [5.41, 5.74) is 0. The summed E-state index contributed by atoms with van der Waals surface area (Å²) in [6.07, 6.45) is 3.63. The van der Waals surface area contributed by atoms with E-state index in [1.54, 1.807) is 14.2 Å². The van der Waals surface area contributed by atoms with Gasteiger partial charge in [-0.05, 0) is 37.9 Å². The van der Waals surface area contributed by atoms with E-state index in [1.807, 2.05) is 18.2 Å². The lowest BCUT2D eigenvalue weighted by atomic mass is 10.3. The topological polar surface area (TPSA) is 39.7 Å². The molecule has 0 heterocycles. The van der Waals surface area contributed by atoms with E-state index >= 15 is 0 Å². The lowest BCUT2D eigenvalue weighted by molar-refractivity contribution is 0.269. The Morgan fingerprint density at radius 3 is 2.39 bits per heavy atom. The Bertz CT molecular complexity index is 355. The Morgan fingerprint density at radius 1 is 1.17 bits per heavy atom. The van der Waals surface area contributed by atoms with E-state index in [0.29, 0.717) is 23.9 Å². The van der Waals surface area contributed by atoms with Crippen LogP contribution in [0.5, 0.6) is 17.2 Å². The molecule has 1 aromatic carbocycles. The number of methoxy groups -OCH3 is 2. The van der Waals surface area contributed by atoms with Crippen molar-refractivity contribution in [2.75, 3.05) is 27.4 Å². The van der Waals surface area contributed by atoms with Crippen molar-refractivity contribution in [1.82, 2.24) is 5.32 Å². The van der Waals surface area contributed by atoms with E-state index in [2.05, 4.69) is 5.32 Å². The van der Waals surface area contributed by atoms with Crippen molar-refractivity contribution in [3.8, 4) is 17.2 Å². The largest absolute Gasteiger partial charge is 0.493 e. The first-order chi connectivity index (χ1) is 8.85. The standard InChI is InChI=1S/C14H21NO3/c1-16-12-5-3-6-13(17-2)14(12)18-10-4-9-15-11-7-8-11/h3,5-6,11,15H,4,7-10H2,1-2H3. The molecule has 0 amide bonds. The van der Waals surface area contributed by atoms with Gasteiger partial charge in [-0.15, -0.1) is 0 Å². The molecule has 1 N–H and O–H groups in total. The molecular formula is C14H21NO3. The molecule has 0 aromatic heterocycles. The average Bonchev–Trinajstić information content (AvgIpc) is 3.22. The number of hydrogen-bond acceptors (Lipinski definition) is 4. The normalized spacial score (nSPS) is 14.3. The lowest BCUT2D eigenvalue weighted by Crippen LogP contribution is -2.19. The molecule has 18 heavy (non-hydrogen) atoms. The van der Waals surface area contributed by atoms with Crippen LogP contribution in [-0.2, 0) is 0 Å². The van der Waals surface area contributed by atoms with Crippen LogP contribution in [0.15, 0.2) is 18.2 Å². The Labute approximate surface area is 108 Å². The van der Waals surface area contributed by atoms with Crippen LogP contribution in [0.3, 0.4) is 0 Å². The van der Waals surface area contributed by atoms with Crippen LogP contribution >= 0.6 is 0 Å². The first kappa shape index (κ1) is 13.0. The molecule has 0 unspecified atom stereocenters. The molecule has 2 rings (SSSR count). The van der Waals surface area contributed by atoms with E-state index < -0.39 is 0 Å². The Kier molecular flexibility index (Phi) is 4.70. The summed E-state index contributed by atoms with van der Waals surface area (Å²) in [6.45, 7) is 1.67. The molecule has 0 radical (unpaired) electrons. The van der Waals surface area contributed by atoms with E-state index in [0.717, 1.165) is 19.0 Å². The fraction of sp³-hybridized carbons (Fsp3) is 0.571. The summed E-state index contributed by atoms with van der Waals surface area (Å²) in [6, 6.07) is 6.39. The summed E-state index contributed by atoms with van der Waals surface area (Å²) in [5.74, 6) is 2.11. The third kappa shape index (κ3) is 3.53. The molecule has 4 heteroatoms. The van der Waals surface area contributed by atoms with E-state index in [9.17, 15) is 0 Å². The highest BCUT2D eigenvalue weighted by atomic mass is 16.5. The van der Waals surface area contributed by atoms with Crippen molar-refractivity contribution in [2.45, 2.75) is 25.3 Å². The molecule has 1 fully saturated rings. The van der Waals surface area contributed by atoms with Crippen LogP contribution in [0.2, 0.25) is 0 Å². The van der Waals surface area contributed by atoms with Gasteiger partial charge in [-0.1, -0.05) is 6.07 Å². The number of rotatable bonds is 8. The van der Waals surface area contributed by atoms with E-state index in [4.69, 9.17) is 14.2 Å². The highest BCUT2D eigenvalue weighted by molar-refractivity contribution is 5.51. The van der Waals surface area contributed by atoms with Crippen LogP contribution in [0, 0.1) is 0 Å². The second-order valence-electron chi connectivity index (χ2n) is 4.42. The molecule has 1 saturated carbocycles. The summed E-state index contributed by atoms with van der Waals surface area (Å²) in [5, 5.41) is 3.46. The number of nitrogens with one attached hydrogen (secondary N) is 1. The second-order valence-corrected chi connectivity index (χ2v) is 4.42. The molecule has 1 aromatic rings. The maximum Gasteiger partial charge on any atom is 0.203 e. The van der Waals surface area contributed by atoms with Gasteiger partial charge >= 0.3 is 0 Å². The van der Waals surface area contributed by atoms with Crippen LogP contribution in [0.25, 0.3) is 0 Å². The Balaban J connectivity index is 1.82. The predicted molar refractivity (Wildman–Crippen MR) is 70.7 cm³/mol. The zero-order valence-corrected chi connectivity index (χ0v) is 11.1. The monoisotopic (exact) mass is 251 g/mol. The van der Waals surface area contributed by atoms with Crippen molar-refractivity contribution in [1.29, 1.82) is 0 Å². The van der Waals surface area contributed by atoms with Gasteiger partial charge in [-0.25, -0.2) is 0 Å². The van der Waals surface area contributed by atoms with Crippen LogP contribution in [0.1, 0.15) is 19.3 Å². The molecule has 1 aliphatic rings. The molecule has 0 aliphatic heterocycles. The average molecular weight is 251 g/mol. The van der Waals surface area contributed by atoms with Crippen LogP contribution < -0.4 is 19.5 Å². The fourth-order valence-electron chi connectivity index (χ4n) is 1.80. The molecule has 4 nitrogen and oxygen atoms in total. The predicted octanol–water partition coefficient (Wildman–Crippen LogP) is 2.22. The van der Waals surface area contributed by atoms with Gasteiger partial charge in [0.2, 0.25) is 5.75 Å². The first-order valence-electron chi connectivity index (χ1n) is 6.42. The molecule has 100 valence electrons. The zero-order chi connectivity index (χ0) is 12.8. The van der Waals surface area contributed by atoms with Gasteiger partial charge in [0.25, 0.3) is 0 Å². The number of para-hydroxylation sites is 1. The molecule has 0 atom stereocenters. The minimum atomic E-state index is 0.663. The van der Waals surface area contributed by atoms with Crippen LogP contribution in [-0.4, -0.2) is 33.4 Å². The van der Waals surface area contributed by atoms with Crippen molar-refractivity contribution >= 4 is 0 Å². The minimum Gasteiger partial charge on any atom is -0.493 e. The lowest BCUT2D eigenvalue weighted by Gasteiger charge is -2.14.